The van der Waals surface area contributed by atoms with Crippen molar-refractivity contribution in [3.05, 3.63) is 18.2 Å². The number of hydrogen-bond donors (Lipinski definition) is 2. The minimum absolute atomic E-state index is 0. The molecule has 0 aliphatic carbocycles. The average molecular weight is 261 g/mol. The van der Waals surface area contributed by atoms with E-state index in [0.29, 0.717) is 30.2 Å². The molecule has 0 unspecified atom stereocenters. The van der Waals surface area contributed by atoms with Crippen LogP contribution in [0.1, 0.15) is 6.42 Å². The van der Waals surface area contributed by atoms with Crippen molar-refractivity contribution >= 4 is 29.7 Å². The molecule has 1 amide bonds. The highest BCUT2D eigenvalue weighted by atomic mass is 35.5. The van der Waals surface area contributed by atoms with Crippen LogP contribution in [0.5, 0.6) is 5.75 Å². The Labute approximate surface area is 107 Å². The number of carbonyl (C=O) groups is 1. The number of rotatable bonds is 5. The summed E-state index contributed by atoms with van der Waals surface area (Å²) < 4.78 is 9.85. The lowest BCUT2D eigenvalue weighted by atomic mass is 10.2. The first-order valence-electron chi connectivity index (χ1n) is 4.89. The maximum Gasteiger partial charge on any atom is 0.226 e. The molecule has 0 saturated carbocycles. The number of nitrogen functional groups attached to an aromatic ring is 1. The molecule has 0 spiro atoms. The summed E-state index contributed by atoms with van der Waals surface area (Å²) in [5.41, 5.74) is 6.78. The molecule has 0 aliphatic rings. The number of nitrogens with one attached hydrogen (secondary N) is 1. The highest BCUT2D eigenvalue weighted by Gasteiger charge is 2.06. The molecule has 3 N–H and O–H groups in total. The van der Waals surface area contributed by atoms with Gasteiger partial charge in [-0.2, -0.15) is 0 Å². The maximum absolute atomic E-state index is 11.4. The number of anilines is 2. The molecule has 0 saturated heterocycles. The Morgan fingerprint density at radius 3 is 2.71 bits per heavy atom. The topological polar surface area (TPSA) is 73.6 Å². The van der Waals surface area contributed by atoms with E-state index in [4.69, 9.17) is 15.2 Å². The molecular formula is C11H17ClN2O3. The third-order valence-corrected chi connectivity index (χ3v) is 2.07. The fourth-order valence-electron chi connectivity index (χ4n) is 1.18. The Balaban J connectivity index is 0.00000256. The second-order valence-electron chi connectivity index (χ2n) is 3.24. The van der Waals surface area contributed by atoms with E-state index in [1.807, 2.05) is 0 Å². The van der Waals surface area contributed by atoms with Crippen LogP contribution in [0.4, 0.5) is 11.4 Å². The van der Waals surface area contributed by atoms with E-state index < -0.39 is 0 Å². The van der Waals surface area contributed by atoms with Gasteiger partial charge in [-0.1, -0.05) is 0 Å². The summed E-state index contributed by atoms with van der Waals surface area (Å²) in [6, 6.07) is 5.10. The number of amides is 1. The molecule has 17 heavy (non-hydrogen) atoms. The minimum Gasteiger partial charge on any atom is -0.497 e. The highest BCUT2D eigenvalue weighted by Crippen LogP contribution is 2.24. The van der Waals surface area contributed by atoms with Crippen LogP contribution < -0.4 is 15.8 Å². The van der Waals surface area contributed by atoms with Gasteiger partial charge in [0.05, 0.1) is 31.5 Å². The first kappa shape index (κ1) is 15.5. The fourth-order valence-corrected chi connectivity index (χ4v) is 1.18. The first-order chi connectivity index (χ1) is 7.67. The van der Waals surface area contributed by atoms with Gasteiger partial charge in [0.1, 0.15) is 5.75 Å². The SMILES string of the molecule is COCCC(=O)Nc1cc(OC)ccc1N.Cl. The van der Waals surface area contributed by atoms with Crippen molar-refractivity contribution in [3.63, 3.8) is 0 Å². The van der Waals surface area contributed by atoms with E-state index in [-0.39, 0.29) is 18.3 Å². The molecule has 1 aromatic carbocycles. The van der Waals surface area contributed by atoms with Crippen LogP contribution in [0.15, 0.2) is 18.2 Å². The van der Waals surface area contributed by atoms with Gasteiger partial charge in [0.15, 0.2) is 0 Å². The summed E-state index contributed by atoms with van der Waals surface area (Å²) >= 11 is 0. The number of benzene rings is 1. The van der Waals surface area contributed by atoms with Crippen molar-refractivity contribution in [2.45, 2.75) is 6.42 Å². The zero-order valence-corrected chi connectivity index (χ0v) is 10.7. The van der Waals surface area contributed by atoms with Gasteiger partial charge in [-0.15, -0.1) is 12.4 Å². The van der Waals surface area contributed by atoms with E-state index >= 15 is 0 Å². The van der Waals surface area contributed by atoms with Crippen LogP contribution in [0.25, 0.3) is 0 Å². The van der Waals surface area contributed by atoms with Gasteiger partial charge in [0.2, 0.25) is 5.91 Å². The third-order valence-electron chi connectivity index (χ3n) is 2.07. The molecule has 0 radical (unpaired) electrons. The number of methoxy groups -OCH3 is 2. The van der Waals surface area contributed by atoms with Crippen molar-refractivity contribution in [2.24, 2.45) is 0 Å². The second kappa shape index (κ2) is 7.76. The normalized spacial score (nSPS) is 9.29. The quantitative estimate of drug-likeness (QED) is 0.790. The van der Waals surface area contributed by atoms with E-state index in [1.165, 1.54) is 0 Å². The number of nitrogens with two attached hydrogens (primary N) is 1. The minimum atomic E-state index is -0.137. The molecule has 0 bridgehead atoms. The Kier molecular flexibility index (Phi) is 7.09. The standard InChI is InChI=1S/C11H16N2O3.ClH/c1-15-6-5-11(14)13-10-7-8(16-2)3-4-9(10)12;/h3-4,7H,5-6,12H2,1-2H3,(H,13,14);1H. The molecule has 0 aromatic heterocycles. The molecule has 96 valence electrons. The van der Waals surface area contributed by atoms with Crippen molar-refractivity contribution < 1.29 is 14.3 Å². The van der Waals surface area contributed by atoms with Crippen LogP contribution in [0.2, 0.25) is 0 Å². The number of halogens is 1. The Hall–Kier alpha value is -1.46. The number of ether oxygens (including phenoxy) is 2. The lowest BCUT2D eigenvalue weighted by molar-refractivity contribution is -0.117. The molecule has 6 heteroatoms. The van der Waals surface area contributed by atoms with Gasteiger partial charge < -0.3 is 20.5 Å². The summed E-state index contributed by atoms with van der Waals surface area (Å²) in [5, 5.41) is 2.70. The first-order valence-corrected chi connectivity index (χ1v) is 4.89. The molecule has 1 aromatic rings. The van der Waals surface area contributed by atoms with Crippen LogP contribution in [0, 0.1) is 0 Å². The molecule has 0 heterocycles. The van der Waals surface area contributed by atoms with Gasteiger partial charge in [-0.25, -0.2) is 0 Å². The van der Waals surface area contributed by atoms with E-state index in [2.05, 4.69) is 5.32 Å². The van der Waals surface area contributed by atoms with E-state index in [0.717, 1.165) is 0 Å². The molecule has 0 fully saturated rings. The molecule has 5 nitrogen and oxygen atoms in total. The van der Waals surface area contributed by atoms with E-state index in [9.17, 15) is 4.79 Å². The fraction of sp³-hybridized carbons (Fsp3) is 0.364. The highest BCUT2D eigenvalue weighted by molar-refractivity contribution is 5.94. The summed E-state index contributed by atoms with van der Waals surface area (Å²) in [7, 11) is 3.11. The Bertz CT molecular complexity index is 372. The lowest BCUT2D eigenvalue weighted by Gasteiger charge is -2.09. The van der Waals surface area contributed by atoms with Gasteiger partial charge >= 0.3 is 0 Å². The predicted octanol–water partition coefficient (Wildman–Crippen LogP) is 1.67. The number of hydrogen-bond acceptors (Lipinski definition) is 4. The van der Waals surface area contributed by atoms with Gasteiger partial charge in [-0.05, 0) is 12.1 Å². The zero-order valence-electron chi connectivity index (χ0n) is 9.86. The Morgan fingerprint density at radius 2 is 2.12 bits per heavy atom. The summed E-state index contributed by atoms with van der Waals surface area (Å²) in [6.07, 6.45) is 0.299. The van der Waals surface area contributed by atoms with Crippen LogP contribution in [-0.4, -0.2) is 26.7 Å². The number of carbonyl (C=O) groups excluding carboxylic acids is 1. The monoisotopic (exact) mass is 260 g/mol. The van der Waals surface area contributed by atoms with E-state index in [1.54, 1.807) is 32.4 Å². The second-order valence-corrected chi connectivity index (χ2v) is 3.24. The lowest BCUT2D eigenvalue weighted by Crippen LogP contribution is -2.14. The summed E-state index contributed by atoms with van der Waals surface area (Å²) in [6.45, 7) is 0.385. The van der Waals surface area contributed by atoms with Crippen molar-refractivity contribution in [1.82, 2.24) is 0 Å². The van der Waals surface area contributed by atoms with Crippen molar-refractivity contribution in [2.75, 3.05) is 31.9 Å². The summed E-state index contributed by atoms with van der Waals surface area (Å²) in [5.74, 6) is 0.512. The average Bonchev–Trinajstić information content (AvgIpc) is 2.29. The maximum atomic E-state index is 11.4. The van der Waals surface area contributed by atoms with Gasteiger partial charge in [-0.3, -0.25) is 4.79 Å². The predicted molar refractivity (Wildman–Crippen MR) is 69.8 cm³/mol. The molecule has 0 aliphatic heterocycles. The molecule has 0 atom stereocenters. The van der Waals surface area contributed by atoms with Crippen molar-refractivity contribution in [1.29, 1.82) is 0 Å². The zero-order chi connectivity index (χ0) is 12.0. The van der Waals surface area contributed by atoms with Crippen LogP contribution in [0.3, 0.4) is 0 Å². The largest absolute Gasteiger partial charge is 0.497 e. The Morgan fingerprint density at radius 1 is 1.41 bits per heavy atom. The van der Waals surface area contributed by atoms with Gasteiger partial charge in [0.25, 0.3) is 0 Å². The van der Waals surface area contributed by atoms with Crippen molar-refractivity contribution in [3.8, 4) is 5.75 Å². The van der Waals surface area contributed by atoms with Crippen LogP contribution in [-0.2, 0) is 9.53 Å². The molecule has 1 rings (SSSR count). The molecular weight excluding hydrogens is 244 g/mol. The third kappa shape index (κ3) is 4.93. The van der Waals surface area contributed by atoms with Gasteiger partial charge in [0, 0.05) is 13.2 Å². The van der Waals surface area contributed by atoms with Crippen LogP contribution >= 0.6 is 12.4 Å². The summed E-state index contributed by atoms with van der Waals surface area (Å²) in [4.78, 5) is 11.4. The smallest absolute Gasteiger partial charge is 0.226 e.